The molecule has 1 atom stereocenters. The molecule has 0 aromatic heterocycles. The molecule has 0 aliphatic carbocycles. The van der Waals surface area contributed by atoms with Crippen LogP contribution in [-0.2, 0) is 9.59 Å². The van der Waals surface area contributed by atoms with Crippen molar-refractivity contribution in [1.82, 2.24) is 5.32 Å². The highest BCUT2D eigenvalue weighted by Crippen LogP contribution is 2.36. The molecule has 22 heavy (non-hydrogen) atoms. The van der Waals surface area contributed by atoms with Gasteiger partial charge in [-0.2, -0.15) is 0 Å². The number of carboxylic acids is 1. The number of halogens is 1. The van der Waals surface area contributed by atoms with Gasteiger partial charge in [-0.1, -0.05) is 29.8 Å². The summed E-state index contributed by atoms with van der Waals surface area (Å²) >= 11 is 3.40. The lowest BCUT2D eigenvalue weighted by Crippen LogP contribution is -2.50. The van der Waals surface area contributed by atoms with Gasteiger partial charge >= 0.3 is 5.97 Å². The Morgan fingerprint density at radius 1 is 1.41 bits per heavy atom. The van der Waals surface area contributed by atoms with Gasteiger partial charge < -0.3 is 15.2 Å². The first-order valence-electron chi connectivity index (χ1n) is 7.37. The van der Waals surface area contributed by atoms with E-state index in [1.807, 2.05) is 32.0 Å². The van der Waals surface area contributed by atoms with Crippen LogP contribution in [0, 0.1) is 0 Å². The number of benzene rings is 1. The summed E-state index contributed by atoms with van der Waals surface area (Å²) in [7, 11) is 0. The van der Waals surface area contributed by atoms with Crippen LogP contribution in [0.1, 0.15) is 44.6 Å². The van der Waals surface area contributed by atoms with E-state index in [1.165, 1.54) is 0 Å². The number of rotatable bonds is 6. The molecule has 0 fully saturated rings. The van der Waals surface area contributed by atoms with E-state index in [9.17, 15) is 9.59 Å². The molecule has 2 N–H and O–H groups in total. The Bertz CT molecular complexity index is 584. The number of hydrogen-bond acceptors (Lipinski definition) is 3. The Hall–Kier alpha value is -1.56. The highest BCUT2D eigenvalue weighted by atomic mass is 79.9. The topological polar surface area (TPSA) is 75.6 Å². The monoisotopic (exact) mass is 369 g/mol. The summed E-state index contributed by atoms with van der Waals surface area (Å²) in [6, 6.07) is 5.58. The average Bonchev–Trinajstić information content (AvgIpc) is 2.88. The third-order valence-corrected chi connectivity index (χ3v) is 4.79. The number of nitrogens with one attached hydrogen (secondary N) is 1. The molecule has 0 bridgehead atoms. The summed E-state index contributed by atoms with van der Waals surface area (Å²) in [6.07, 6.45) is 1.06. The Balaban J connectivity index is 2.19. The van der Waals surface area contributed by atoms with Crippen LogP contribution in [0.15, 0.2) is 22.7 Å². The summed E-state index contributed by atoms with van der Waals surface area (Å²) < 4.78 is 6.44. The largest absolute Gasteiger partial charge is 0.492 e. The van der Waals surface area contributed by atoms with Gasteiger partial charge in [-0.15, -0.1) is 0 Å². The van der Waals surface area contributed by atoms with Gasteiger partial charge in [-0.3, -0.25) is 9.59 Å². The van der Waals surface area contributed by atoms with Gasteiger partial charge in [-0.25, -0.2) is 0 Å². The van der Waals surface area contributed by atoms with Gasteiger partial charge in [-0.05, 0) is 31.0 Å². The molecular formula is C16H20BrNO4. The third kappa shape index (κ3) is 3.43. The van der Waals surface area contributed by atoms with E-state index >= 15 is 0 Å². The van der Waals surface area contributed by atoms with Crippen LogP contribution in [0.4, 0.5) is 0 Å². The Morgan fingerprint density at radius 3 is 2.68 bits per heavy atom. The number of amides is 1. The molecule has 0 saturated carbocycles. The maximum atomic E-state index is 12.6. The summed E-state index contributed by atoms with van der Waals surface area (Å²) in [5, 5.41) is 12.0. The number of aliphatic carboxylic acids is 1. The van der Waals surface area contributed by atoms with Crippen molar-refractivity contribution in [2.45, 2.75) is 44.6 Å². The molecule has 6 heteroatoms. The molecule has 1 heterocycles. The lowest BCUT2D eigenvalue weighted by molar-refractivity contribution is -0.139. The van der Waals surface area contributed by atoms with E-state index in [4.69, 9.17) is 9.84 Å². The summed E-state index contributed by atoms with van der Waals surface area (Å²) in [5.41, 5.74) is 0.126. The van der Waals surface area contributed by atoms with E-state index in [2.05, 4.69) is 21.2 Å². The van der Waals surface area contributed by atoms with Crippen LogP contribution in [0.2, 0.25) is 0 Å². The molecule has 1 unspecified atom stereocenters. The standard InChI is InChI=1S/C16H20BrNO4/c1-3-16(4-2,8-14(19)20)18-15(21)12-9-22-13-6-5-10(17)7-11(12)13/h5-7,12H,3-4,8-9H2,1-2H3,(H,18,21)(H,19,20). The first kappa shape index (κ1) is 16.8. The molecule has 1 aliphatic heterocycles. The van der Waals surface area contributed by atoms with Gasteiger partial charge in [0.05, 0.1) is 6.42 Å². The molecule has 2 rings (SSSR count). The van der Waals surface area contributed by atoms with Crippen LogP contribution >= 0.6 is 15.9 Å². The van der Waals surface area contributed by atoms with Gasteiger partial charge in [0.1, 0.15) is 18.3 Å². The molecule has 0 saturated heterocycles. The van der Waals surface area contributed by atoms with E-state index in [-0.39, 0.29) is 18.9 Å². The van der Waals surface area contributed by atoms with E-state index in [1.54, 1.807) is 0 Å². The maximum Gasteiger partial charge on any atom is 0.305 e. The number of carbonyl (C=O) groups excluding carboxylic acids is 1. The second kappa shape index (κ2) is 6.69. The number of carboxylic acid groups (broad SMARTS) is 1. The highest BCUT2D eigenvalue weighted by molar-refractivity contribution is 9.10. The quantitative estimate of drug-likeness (QED) is 0.807. The molecule has 5 nitrogen and oxygen atoms in total. The lowest BCUT2D eigenvalue weighted by Gasteiger charge is -2.32. The Labute approximate surface area is 138 Å². The zero-order valence-electron chi connectivity index (χ0n) is 12.7. The molecule has 0 spiro atoms. The van der Waals surface area contributed by atoms with Crippen molar-refractivity contribution < 1.29 is 19.4 Å². The van der Waals surface area contributed by atoms with Crippen LogP contribution in [0.25, 0.3) is 0 Å². The fourth-order valence-electron chi connectivity index (χ4n) is 2.76. The molecule has 1 aliphatic rings. The van der Waals surface area contributed by atoms with Crippen molar-refractivity contribution in [2.24, 2.45) is 0 Å². The van der Waals surface area contributed by atoms with Crippen molar-refractivity contribution in [3.8, 4) is 5.75 Å². The van der Waals surface area contributed by atoms with Crippen molar-refractivity contribution in [3.05, 3.63) is 28.2 Å². The summed E-state index contributed by atoms with van der Waals surface area (Å²) in [6.45, 7) is 4.07. The summed E-state index contributed by atoms with van der Waals surface area (Å²) in [5.74, 6) is -0.782. The van der Waals surface area contributed by atoms with Crippen LogP contribution in [0.5, 0.6) is 5.75 Å². The van der Waals surface area contributed by atoms with Gasteiger partial charge in [0.25, 0.3) is 0 Å². The lowest BCUT2D eigenvalue weighted by atomic mass is 9.87. The first-order chi connectivity index (χ1) is 10.4. The second-order valence-electron chi connectivity index (χ2n) is 5.59. The van der Waals surface area contributed by atoms with Crippen molar-refractivity contribution in [1.29, 1.82) is 0 Å². The average molecular weight is 370 g/mol. The number of hydrogen-bond donors (Lipinski definition) is 2. The van der Waals surface area contributed by atoms with Gasteiger partial charge in [0.15, 0.2) is 0 Å². The minimum Gasteiger partial charge on any atom is -0.492 e. The molecule has 1 amide bonds. The van der Waals surface area contributed by atoms with Crippen molar-refractivity contribution >= 4 is 27.8 Å². The molecule has 1 aromatic rings. The predicted molar refractivity (Wildman–Crippen MR) is 86.1 cm³/mol. The zero-order chi connectivity index (χ0) is 16.3. The van der Waals surface area contributed by atoms with Crippen LogP contribution < -0.4 is 10.1 Å². The van der Waals surface area contributed by atoms with E-state index in [0.29, 0.717) is 18.6 Å². The predicted octanol–water partition coefficient (Wildman–Crippen LogP) is 3.07. The number of fused-ring (bicyclic) bond motifs is 1. The van der Waals surface area contributed by atoms with Crippen molar-refractivity contribution in [2.75, 3.05) is 6.61 Å². The van der Waals surface area contributed by atoms with Gasteiger partial charge in [0, 0.05) is 15.6 Å². The smallest absolute Gasteiger partial charge is 0.305 e. The molecule has 120 valence electrons. The fraction of sp³-hybridized carbons (Fsp3) is 0.500. The fourth-order valence-corrected chi connectivity index (χ4v) is 3.14. The first-order valence-corrected chi connectivity index (χ1v) is 8.16. The molecular weight excluding hydrogens is 350 g/mol. The van der Waals surface area contributed by atoms with Crippen molar-refractivity contribution in [3.63, 3.8) is 0 Å². The molecule has 1 aromatic carbocycles. The number of ether oxygens (including phenoxy) is 1. The van der Waals surface area contributed by atoms with E-state index in [0.717, 1.165) is 10.0 Å². The second-order valence-corrected chi connectivity index (χ2v) is 6.51. The Morgan fingerprint density at radius 2 is 2.09 bits per heavy atom. The SMILES string of the molecule is CCC(CC)(CC(=O)O)NC(=O)C1COc2ccc(Br)cc21. The Kier molecular flexibility index (Phi) is 5.11. The van der Waals surface area contributed by atoms with Gasteiger partial charge in [0.2, 0.25) is 5.91 Å². The zero-order valence-corrected chi connectivity index (χ0v) is 14.3. The van der Waals surface area contributed by atoms with E-state index < -0.39 is 17.4 Å². The number of carbonyl (C=O) groups is 2. The highest BCUT2D eigenvalue weighted by Gasteiger charge is 2.37. The van der Waals surface area contributed by atoms with Crippen LogP contribution in [0.3, 0.4) is 0 Å². The van der Waals surface area contributed by atoms with Crippen LogP contribution in [-0.4, -0.2) is 29.1 Å². The third-order valence-electron chi connectivity index (χ3n) is 4.30. The normalized spacial score (nSPS) is 16.8. The molecule has 0 radical (unpaired) electrons. The summed E-state index contributed by atoms with van der Waals surface area (Å²) in [4.78, 5) is 23.7. The minimum absolute atomic E-state index is 0.0787. The maximum absolute atomic E-state index is 12.6. The minimum atomic E-state index is -0.908.